The van der Waals surface area contributed by atoms with Crippen LogP contribution in [0.15, 0.2) is 23.1 Å². The SMILES string of the molecule is CCOC(=O)c1c[nH]c2cc(C)c(C)cc2c1=O. The van der Waals surface area contributed by atoms with E-state index in [1.54, 1.807) is 13.0 Å². The summed E-state index contributed by atoms with van der Waals surface area (Å²) in [6.45, 7) is 5.88. The monoisotopic (exact) mass is 245 g/mol. The number of nitrogens with one attached hydrogen (secondary N) is 1. The van der Waals surface area contributed by atoms with Gasteiger partial charge in [-0.25, -0.2) is 4.79 Å². The molecule has 0 atom stereocenters. The van der Waals surface area contributed by atoms with Gasteiger partial charge in [-0.2, -0.15) is 0 Å². The maximum absolute atomic E-state index is 12.2. The van der Waals surface area contributed by atoms with Crippen molar-refractivity contribution in [2.75, 3.05) is 6.61 Å². The van der Waals surface area contributed by atoms with Crippen LogP contribution in [0.4, 0.5) is 0 Å². The molecule has 0 bridgehead atoms. The lowest BCUT2D eigenvalue weighted by Gasteiger charge is -2.06. The van der Waals surface area contributed by atoms with E-state index in [2.05, 4.69) is 4.98 Å². The Labute approximate surface area is 105 Å². The second-order valence-electron chi connectivity index (χ2n) is 4.23. The van der Waals surface area contributed by atoms with Gasteiger partial charge >= 0.3 is 5.97 Å². The van der Waals surface area contributed by atoms with E-state index in [1.165, 1.54) is 6.20 Å². The van der Waals surface area contributed by atoms with Crippen molar-refractivity contribution in [3.63, 3.8) is 0 Å². The maximum atomic E-state index is 12.2. The lowest BCUT2D eigenvalue weighted by Crippen LogP contribution is -2.18. The number of carbonyl (C=O) groups excluding carboxylic acids is 1. The molecular weight excluding hydrogens is 230 g/mol. The molecule has 0 aliphatic carbocycles. The van der Waals surface area contributed by atoms with Crippen molar-refractivity contribution in [3.8, 4) is 0 Å². The number of fused-ring (bicyclic) bond motifs is 1. The van der Waals surface area contributed by atoms with Crippen LogP contribution in [-0.2, 0) is 4.74 Å². The largest absolute Gasteiger partial charge is 0.462 e. The van der Waals surface area contributed by atoms with Crippen LogP contribution in [0.5, 0.6) is 0 Å². The van der Waals surface area contributed by atoms with Crippen molar-refractivity contribution in [2.24, 2.45) is 0 Å². The zero-order valence-corrected chi connectivity index (χ0v) is 10.7. The van der Waals surface area contributed by atoms with Crippen LogP contribution in [0.3, 0.4) is 0 Å². The molecule has 2 aromatic rings. The number of aromatic amines is 1. The van der Waals surface area contributed by atoms with E-state index in [-0.39, 0.29) is 17.6 Å². The number of aryl methyl sites for hydroxylation is 2. The average Bonchev–Trinajstić information content (AvgIpc) is 2.32. The molecular formula is C14H15NO3. The number of hydrogen-bond acceptors (Lipinski definition) is 3. The molecule has 18 heavy (non-hydrogen) atoms. The average molecular weight is 245 g/mol. The molecule has 0 spiro atoms. The first-order valence-electron chi connectivity index (χ1n) is 5.84. The molecule has 0 saturated carbocycles. The van der Waals surface area contributed by atoms with Gasteiger partial charge in [-0.1, -0.05) is 0 Å². The zero-order valence-electron chi connectivity index (χ0n) is 10.7. The van der Waals surface area contributed by atoms with E-state index < -0.39 is 5.97 Å². The highest BCUT2D eigenvalue weighted by molar-refractivity contribution is 5.93. The smallest absolute Gasteiger partial charge is 0.343 e. The zero-order chi connectivity index (χ0) is 13.3. The van der Waals surface area contributed by atoms with Gasteiger partial charge in [-0.15, -0.1) is 0 Å². The number of carbonyl (C=O) groups is 1. The summed E-state index contributed by atoms with van der Waals surface area (Å²) in [5.74, 6) is -0.584. The van der Waals surface area contributed by atoms with Gasteiger partial charge in [0.2, 0.25) is 5.43 Å². The minimum absolute atomic E-state index is 0.0487. The fraction of sp³-hybridized carbons (Fsp3) is 0.286. The summed E-state index contributed by atoms with van der Waals surface area (Å²) in [6.07, 6.45) is 1.41. The van der Waals surface area contributed by atoms with E-state index >= 15 is 0 Å². The number of aromatic nitrogens is 1. The van der Waals surface area contributed by atoms with Crippen LogP contribution in [0.25, 0.3) is 10.9 Å². The van der Waals surface area contributed by atoms with Crippen molar-refractivity contribution in [1.29, 1.82) is 0 Å². The Bertz CT molecular complexity index is 671. The topological polar surface area (TPSA) is 59.2 Å². The molecule has 1 aromatic heterocycles. The Balaban J connectivity index is 2.68. The van der Waals surface area contributed by atoms with Gasteiger partial charge in [-0.3, -0.25) is 4.79 Å². The molecule has 0 fully saturated rings. The number of benzene rings is 1. The third-order valence-electron chi connectivity index (χ3n) is 2.99. The van der Waals surface area contributed by atoms with Gasteiger partial charge in [0.1, 0.15) is 5.56 Å². The highest BCUT2D eigenvalue weighted by Crippen LogP contribution is 2.15. The number of rotatable bonds is 2. The summed E-state index contributed by atoms with van der Waals surface area (Å²) in [6, 6.07) is 3.70. The second kappa shape index (κ2) is 4.64. The van der Waals surface area contributed by atoms with Gasteiger partial charge in [-0.05, 0) is 44.0 Å². The molecule has 4 heteroatoms. The third-order valence-corrected chi connectivity index (χ3v) is 2.99. The Morgan fingerprint density at radius 3 is 2.61 bits per heavy atom. The van der Waals surface area contributed by atoms with Gasteiger partial charge in [0.25, 0.3) is 0 Å². The minimum atomic E-state index is -0.584. The van der Waals surface area contributed by atoms with E-state index in [4.69, 9.17) is 4.74 Å². The fourth-order valence-corrected chi connectivity index (χ4v) is 1.84. The highest BCUT2D eigenvalue weighted by atomic mass is 16.5. The molecule has 0 aliphatic heterocycles. The molecule has 0 unspecified atom stereocenters. The first-order chi connectivity index (χ1) is 8.54. The molecule has 2 rings (SSSR count). The quantitative estimate of drug-likeness (QED) is 0.826. The van der Waals surface area contributed by atoms with Crippen molar-refractivity contribution in [3.05, 3.63) is 45.2 Å². The van der Waals surface area contributed by atoms with Gasteiger partial charge in [0.15, 0.2) is 0 Å². The van der Waals surface area contributed by atoms with Crippen molar-refractivity contribution in [2.45, 2.75) is 20.8 Å². The summed E-state index contributed by atoms with van der Waals surface area (Å²) < 4.78 is 4.85. The first kappa shape index (κ1) is 12.4. The van der Waals surface area contributed by atoms with Crippen molar-refractivity contribution in [1.82, 2.24) is 4.98 Å². The summed E-state index contributed by atoms with van der Waals surface area (Å²) in [4.78, 5) is 26.8. The first-order valence-corrected chi connectivity index (χ1v) is 5.84. The predicted molar refractivity (Wildman–Crippen MR) is 70.0 cm³/mol. The standard InChI is InChI=1S/C14H15NO3/c1-4-18-14(17)11-7-15-12-6-9(3)8(2)5-10(12)13(11)16/h5-7H,4H2,1-3H3,(H,15,16). The van der Waals surface area contributed by atoms with Crippen molar-refractivity contribution >= 4 is 16.9 Å². The molecule has 1 heterocycles. The highest BCUT2D eigenvalue weighted by Gasteiger charge is 2.14. The van der Waals surface area contributed by atoms with Gasteiger partial charge in [0.05, 0.1) is 6.61 Å². The molecule has 1 aromatic carbocycles. The number of ether oxygens (including phenoxy) is 1. The Hall–Kier alpha value is -2.10. The fourth-order valence-electron chi connectivity index (χ4n) is 1.84. The maximum Gasteiger partial charge on any atom is 0.343 e. The number of esters is 1. The normalized spacial score (nSPS) is 10.6. The lowest BCUT2D eigenvalue weighted by atomic mass is 10.0. The van der Waals surface area contributed by atoms with Crippen LogP contribution in [0.1, 0.15) is 28.4 Å². The van der Waals surface area contributed by atoms with E-state index in [1.807, 2.05) is 19.9 Å². The summed E-state index contributed by atoms with van der Waals surface area (Å²) in [5, 5.41) is 0.517. The molecule has 1 N–H and O–H groups in total. The predicted octanol–water partition coefficient (Wildman–Crippen LogP) is 2.32. The van der Waals surface area contributed by atoms with E-state index in [9.17, 15) is 9.59 Å². The molecule has 0 radical (unpaired) electrons. The summed E-state index contributed by atoms with van der Waals surface area (Å²) in [5.41, 5.74) is 2.62. The van der Waals surface area contributed by atoms with Crippen LogP contribution < -0.4 is 5.43 Å². The van der Waals surface area contributed by atoms with Gasteiger partial charge in [0, 0.05) is 17.1 Å². The van der Waals surface area contributed by atoms with Crippen molar-refractivity contribution < 1.29 is 9.53 Å². The molecule has 0 aliphatic rings. The lowest BCUT2D eigenvalue weighted by molar-refractivity contribution is 0.0524. The number of H-pyrrole nitrogens is 1. The van der Waals surface area contributed by atoms with E-state index in [0.717, 1.165) is 16.6 Å². The third kappa shape index (κ3) is 2.01. The second-order valence-corrected chi connectivity index (χ2v) is 4.23. The Kier molecular flexibility index (Phi) is 3.19. The number of hydrogen-bond donors (Lipinski definition) is 1. The molecule has 0 saturated heterocycles. The van der Waals surface area contributed by atoms with Crippen LogP contribution >= 0.6 is 0 Å². The summed E-state index contributed by atoms with van der Waals surface area (Å²) in [7, 11) is 0. The Morgan fingerprint density at radius 1 is 1.28 bits per heavy atom. The summed E-state index contributed by atoms with van der Waals surface area (Å²) >= 11 is 0. The van der Waals surface area contributed by atoms with Crippen LogP contribution in [-0.4, -0.2) is 17.6 Å². The molecule has 4 nitrogen and oxygen atoms in total. The number of pyridine rings is 1. The van der Waals surface area contributed by atoms with Gasteiger partial charge < -0.3 is 9.72 Å². The van der Waals surface area contributed by atoms with E-state index in [0.29, 0.717) is 5.39 Å². The minimum Gasteiger partial charge on any atom is -0.462 e. The van der Waals surface area contributed by atoms with Crippen LogP contribution in [0, 0.1) is 13.8 Å². The Morgan fingerprint density at radius 2 is 1.94 bits per heavy atom. The molecule has 0 amide bonds. The molecule has 94 valence electrons. The van der Waals surface area contributed by atoms with Crippen LogP contribution in [0.2, 0.25) is 0 Å².